The third-order valence-corrected chi connectivity index (χ3v) is 4.21. The average molecular weight is 368 g/mol. The molecule has 0 aliphatic carbocycles. The second kappa shape index (κ2) is 7.61. The highest BCUT2D eigenvalue weighted by atomic mass is 16.5. The van der Waals surface area contributed by atoms with Gasteiger partial charge in [-0.05, 0) is 33.8 Å². The molecule has 0 atom stereocenters. The minimum absolute atomic E-state index is 0.0695. The first kappa shape index (κ1) is 18.6. The fourth-order valence-corrected chi connectivity index (χ4v) is 2.92. The molecule has 3 aromatic rings. The molecule has 1 amide bonds. The number of ether oxygens (including phenoxy) is 1. The van der Waals surface area contributed by atoms with E-state index >= 15 is 0 Å². The molecule has 2 aromatic heterocycles. The van der Waals surface area contributed by atoms with E-state index in [1.165, 1.54) is 0 Å². The van der Waals surface area contributed by atoms with Crippen LogP contribution in [-0.2, 0) is 17.8 Å². The summed E-state index contributed by atoms with van der Waals surface area (Å²) in [6, 6.07) is 7.69. The van der Waals surface area contributed by atoms with E-state index in [2.05, 4.69) is 20.4 Å². The van der Waals surface area contributed by atoms with E-state index in [-0.39, 0.29) is 24.4 Å². The van der Waals surface area contributed by atoms with Gasteiger partial charge in [0.1, 0.15) is 5.75 Å². The van der Waals surface area contributed by atoms with Crippen LogP contribution in [0.4, 0.5) is 5.95 Å². The molecule has 2 heterocycles. The van der Waals surface area contributed by atoms with Crippen molar-refractivity contribution in [1.29, 1.82) is 0 Å². The van der Waals surface area contributed by atoms with Crippen molar-refractivity contribution in [3.05, 3.63) is 46.8 Å². The molecule has 27 heavy (non-hydrogen) atoms. The molecule has 0 bridgehead atoms. The van der Waals surface area contributed by atoms with Crippen LogP contribution in [-0.4, -0.2) is 31.6 Å². The highest BCUT2D eigenvalue weighted by Crippen LogP contribution is 2.19. The van der Waals surface area contributed by atoms with Crippen molar-refractivity contribution in [2.45, 2.75) is 46.8 Å². The largest absolute Gasteiger partial charge is 0.491 e. The summed E-state index contributed by atoms with van der Waals surface area (Å²) in [6.45, 7) is 8.07. The lowest BCUT2D eigenvalue weighted by Crippen LogP contribution is -2.26. The Morgan fingerprint density at radius 1 is 1.26 bits per heavy atom. The van der Waals surface area contributed by atoms with Crippen LogP contribution in [0.25, 0.3) is 5.78 Å². The number of aryl methyl sites for hydroxylation is 2. The van der Waals surface area contributed by atoms with Crippen LogP contribution < -0.4 is 15.8 Å². The van der Waals surface area contributed by atoms with Crippen LogP contribution in [0, 0.1) is 13.8 Å². The second-order valence-electron chi connectivity index (χ2n) is 6.67. The topological polar surface area (TPSA) is 107 Å². The minimum atomic E-state index is -0.102. The predicted octanol–water partition coefficient (Wildman–Crippen LogP) is 1.97. The number of carbonyl (C=O) groups excluding carboxylic acids is 1. The molecule has 0 fully saturated rings. The summed E-state index contributed by atoms with van der Waals surface area (Å²) in [5, 5.41) is 7.08. The lowest BCUT2D eigenvalue weighted by Gasteiger charge is -2.15. The number of anilines is 1. The zero-order chi connectivity index (χ0) is 19.6. The van der Waals surface area contributed by atoms with Crippen molar-refractivity contribution in [3.8, 4) is 5.75 Å². The van der Waals surface area contributed by atoms with Crippen molar-refractivity contribution >= 4 is 17.6 Å². The molecule has 3 N–H and O–H groups in total. The van der Waals surface area contributed by atoms with E-state index < -0.39 is 0 Å². The molecule has 0 radical (unpaired) electrons. The van der Waals surface area contributed by atoms with E-state index in [1.54, 1.807) is 4.52 Å². The summed E-state index contributed by atoms with van der Waals surface area (Å²) < 4.78 is 7.36. The highest BCUT2D eigenvalue weighted by molar-refractivity contribution is 5.79. The van der Waals surface area contributed by atoms with Gasteiger partial charge < -0.3 is 15.8 Å². The number of nitrogens with zero attached hydrogens (tertiary/aromatic N) is 4. The number of nitrogen functional groups attached to an aromatic ring is 1. The molecular formula is C19H24N6O2. The normalized spacial score (nSPS) is 11.1. The maximum Gasteiger partial charge on any atom is 0.254 e. The molecule has 0 unspecified atom stereocenters. The molecule has 142 valence electrons. The Kier molecular flexibility index (Phi) is 5.25. The zero-order valence-electron chi connectivity index (χ0n) is 16.0. The molecule has 0 saturated heterocycles. The first-order chi connectivity index (χ1) is 12.8. The van der Waals surface area contributed by atoms with Gasteiger partial charge in [-0.2, -0.15) is 9.50 Å². The molecule has 0 spiro atoms. The van der Waals surface area contributed by atoms with Crippen molar-refractivity contribution in [1.82, 2.24) is 24.9 Å². The number of fused-ring (bicyclic) bond motifs is 1. The summed E-state index contributed by atoms with van der Waals surface area (Å²) in [5.74, 6) is 1.27. The van der Waals surface area contributed by atoms with Gasteiger partial charge in [0.15, 0.2) is 0 Å². The number of hydrogen-bond acceptors (Lipinski definition) is 6. The fourth-order valence-electron chi connectivity index (χ4n) is 2.92. The third-order valence-electron chi connectivity index (χ3n) is 4.21. The number of amides is 1. The molecule has 1 aromatic carbocycles. The van der Waals surface area contributed by atoms with Crippen LogP contribution in [0.5, 0.6) is 5.75 Å². The maximum atomic E-state index is 12.5. The van der Waals surface area contributed by atoms with Crippen LogP contribution in [0.1, 0.15) is 36.4 Å². The number of aromatic nitrogens is 4. The minimum Gasteiger partial charge on any atom is -0.491 e. The summed E-state index contributed by atoms with van der Waals surface area (Å²) in [7, 11) is 0. The predicted molar refractivity (Wildman–Crippen MR) is 102 cm³/mol. The zero-order valence-corrected chi connectivity index (χ0v) is 16.0. The number of para-hydroxylation sites is 1. The summed E-state index contributed by atoms with van der Waals surface area (Å²) >= 11 is 0. The van der Waals surface area contributed by atoms with Gasteiger partial charge in [-0.15, -0.1) is 5.10 Å². The van der Waals surface area contributed by atoms with E-state index in [0.29, 0.717) is 12.3 Å². The SMILES string of the molecule is Cc1nc2nc(N)nn2c(C)c1CC(=O)NCc1ccccc1OC(C)C. The van der Waals surface area contributed by atoms with Crippen molar-refractivity contribution in [2.75, 3.05) is 5.73 Å². The number of hydrogen-bond donors (Lipinski definition) is 2. The molecule has 0 saturated carbocycles. The maximum absolute atomic E-state index is 12.5. The van der Waals surface area contributed by atoms with Gasteiger partial charge in [-0.3, -0.25) is 4.79 Å². The lowest BCUT2D eigenvalue weighted by molar-refractivity contribution is -0.120. The van der Waals surface area contributed by atoms with Crippen molar-refractivity contribution in [2.24, 2.45) is 0 Å². The van der Waals surface area contributed by atoms with Crippen molar-refractivity contribution < 1.29 is 9.53 Å². The quantitative estimate of drug-likeness (QED) is 0.689. The van der Waals surface area contributed by atoms with E-state index in [9.17, 15) is 4.79 Å². The van der Waals surface area contributed by atoms with Crippen LogP contribution in [0.2, 0.25) is 0 Å². The molecular weight excluding hydrogens is 344 g/mol. The number of benzene rings is 1. The summed E-state index contributed by atoms with van der Waals surface area (Å²) in [6.07, 6.45) is 0.271. The fraction of sp³-hybridized carbons (Fsp3) is 0.368. The smallest absolute Gasteiger partial charge is 0.254 e. The second-order valence-corrected chi connectivity index (χ2v) is 6.67. The molecule has 8 heteroatoms. The van der Waals surface area contributed by atoms with Gasteiger partial charge in [-0.25, -0.2) is 4.98 Å². The monoisotopic (exact) mass is 368 g/mol. The number of nitrogens with two attached hydrogens (primary N) is 1. The highest BCUT2D eigenvalue weighted by Gasteiger charge is 2.16. The molecule has 8 nitrogen and oxygen atoms in total. The van der Waals surface area contributed by atoms with Crippen LogP contribution >= 0.6 is 0 Å². The lowest BCUT2D eigenvalue weighted by atomic mass is 10.1. The first-order valence-electron chi connectivity index (χ1n) is 8.84. The Bertz CT molecular complexity index is 980. The Balaban J connectivity index is 1.73. The Morgan fingerprint density at radius 3 is 2.74 bits per heavy atom. The Labute approximate surface area is 157 Å². The van der Waals surface area contributed by atoms with Gasteiger partial charge in [0, 0.05) is 29.1 Å². The number of rotatable bonds is 6. The van der Waals surface area contributed by atoms with Gasteiger partial charge in [-0.1, -0.05) is 18.2 Å². The first-order valence-corrected chi connectivity index (χ1v) is 8.84. The van der Waals surface area contributed by atoms with E-state index in [4.69, 9.17) is 10.5 Å². The van der Waals surface area contributed by atoms with Crippen molar-refractivity contribution in [3.63, 3.8) is 0 Å². The molecule has 0 aliphatic rings. The van der Waals surface area contributed by atoms with Gasteiger partial charge in [0.05, 0.1) is 12.5 Å². The third kappa shape index (κ3) is 4.16. The van der Waals surface area contributed by atoms with E-state index in [1.807, 2.05) is 52.0 Å². The van der Waals surface area contributed by atoms with Gasteiger partial charge in [0.25, 0.3) is 5.78 Å². The summed E-state index contributed by atoms with van der Waals surface area (Å²) in [5.41, 5.74) is 8.95. The number of carbonyl (C=O) groups is 1. The average Bonchev–Trinajstić information content (AvgIpc) is 2.98. The molecule has 3 rings (SSSR count). The Morgan fingerprint density at radius 2 is 2.00 bits per heavy atom. The van der Waals surface area contributed by atoms with Crippen LogP contribution in [0.3, 0.4) is 0 Å². The van der Waals surface area contributed by atoms with E-state index in [0.717, 1.165) is 28.3 Å². The Hall–Kier alpha value is -3.16. The summed E-state index contributed by atoms with van der Waals surface area (Å²) in [4.78, 5) is 21.0. The standard InChI is InChI=1S/C19H24N6O2/c1-11(2)27-16-8-6-5-7-14(16)10-21-17(26)9-15-12(3)22-19-23-18(20)24-25(19)13(15)4/h5-8,11H,9-10H2,1-4H3,(H2,20,24)(H,21,26). The molecule has 0 aliphatic heterocycles. The van der Waals surface area contributed by atoms with Gasteiger partial charge in [0.2, 0.25) is 11.9 Å². The number of nitrogens with one attached hydrogen (secondary N) is 1. The van der Waals surface area contributed by atoms with Crippen LogP contribution in [0.15, 0.2) is 24.3 Å². The van der Waals surface area contributed by atoms with Gasteiger partial charge >= 0.3 is 0 Å².